The molecule has 0 aliphatic heterocycles. The van der Waals surface area contributed by atoms with Gasteiger partial charge in [0, 0.05) is 18.2 Å². The number of halogens is 2. The molecule has 0 spiro atoms. The number of nitrogens with one attached hydrogen (secondary N) is 1. The van der Waals surface area contributed by atoms with Crippen LogP contribution in [0.4, 0.5) is 8.78 Å². The van der Waals surface area contributed by atoms with Crippen LogP contribution < -0.4 is 5.32 Å². The van der Waals surface area contributed by atoms with Gasteiger partial charge in [-0.1, -0.05) is 12.1 Å². The molecule has 0 aliphatic carbocycles. The van der Waals surface area contributed by atoms with Crippen molar-refractivity contribution >= 4 is 0 Å². The lowest BCUT2D eigenvalue weighted by Crippen LogP contribution is -2.19. The predicted molar refractivity (Wildman–Crippen MR) is 79.2 cm³/mol. The third kappa shape index (κ3) is 3.58. The molecule has 0 aliphatic rings. The SMILES string of the molecule is Cc1cc(CNC(C)c2cc(F)ccc2F)cc(C)c1O. The van der Waals surface area contributed by atoms with Crippen molar-refractivity contribution in [2.75, 3.05) is 0 Å². The van der Waals surface area contributed by atoms with Crippen LogP contribution in [0.25, 0.3) is 0 Å². The van der Waals surface area contributed by atoms with Gasteiger partial charge in [0.25, 0.3) is 0 Å². The second-order valence-electron chi connectivity index (χ2n) is 5.35. The van der Waals surface area contributed by atoms with Gasteiger partial charge in [-0.25, -0.2) is 8.78 Å². The molecule has 2 rings (SSSR count). The molecule has 0 saturated carbocycles. The monoisotopic (exact) mass is 291 g/mol. The van der Waals surface area contributed by atoms with E-state index in [1.807, 2.05) is 26.0 Å². The zero-order valence-corrected chi connectivity index (χ0v) is 12.4. The Balaban J connectivity index is 2.11. The summed E-state index contributed by atoms with van der Waals surface area (Å²) in [6.45, 7) is 5.97. The van der Waals surface area contributed by atoms with Crippen molar-refractivity contribution in [1.82, 2.24) is 5.32 Å². The molecule has 0 aromatic heterocycles. The molecular weight excluding hydrogens is 272 g/mol. The van der Waals surface area contributed by atoms with Crippen LogP contribution in [0.5, 0.6) is 5.75 Å². The summed E-state index contributed by atoms with van der Waals surface area (Å²) in [6, 6.07) is 6.90. The van der Waals surface area contributed by atoms with Crippen molar-refractivity contribution in [2.45, 2.75) is 33.4 Å². The first-order valence-electron chi connectivity index (χ1n) is 6.86. The number of hydrogen-bond donors (Lipinski definition) is 2. The fraction of sp³-hybridized carbons (Fsp3) is 0.294. The Morgan fingerprint density at radius 3 is 2.33 bits per heavy atom. The quantitative estimate of drug-likeness (QED) is 0.887. The fourth-order valence-corrected chi connectivity index (χ4v) is 2.37. The summed E-state index contributed by atoms with van der Waals surface area (Å²) in [6.07, 6.45) is 0. The first-order chi connectivity index (χ1) is 9.88. The molecule has 1 unspecified atom stereocenters. The maximum atomic E-state index is 13.7. The average Bonchev–Trinajstić information content (AvgIpc) is 2.44. The molecule has 2 N–H and O–H groups in total. The minimum absolute atomic E-state index is 0.294. The third-order valence-electron chi connectivity index (χ3n) is 3.59. The number of aryl methyl sites for hydroxylation is 2. The summed E-state index contributed by atoms with van der Waals surface area (Å²) >= 11 is 0. The van der Waals surface area contributed by atoms with E-state index in [1.165, 1.54) is 6.07 Å². The Labute approximate surface area is 123 Å². The van der Waals surface area contributed by atoms with Crippen molar-refractivity contribution < 1.29 is 13.9 Å². The smallest absolute Gasteiger partial charge is 0.128 e. The minimum Gasteiger partial charge on any atom is -0.507 e. The molecule has 0 bridgehead atoms. The van der Waals surface area contributed by atoms with E-state index >= 15 is 0 Å². The zero-order valence-electron chi connectivity index (χ0n) is 12.4. The van der Waals surface area contributed by atoms with Gasteiger partial charge >= 0.3 is 0 Å². The molecule has 112 valence electrons. The summed E-state index contributed by atoms with van der Waals surface area (Å²) in [5, 5.41) is 12.9. The normalized spacial score (nSPS) is 12.4. The molecule has 0 radical (unpaired) electrons. The predicted octanol–water partition coefficient (Wildman–Crippen LogP) is 4.14. The van der Waals surface area contributed by atoms with E-state index in [2.05, 4.69) is 5.32 Å². The Hall–Kier alpha value is -1.94. The minimum atomic E-state index is -0.448. The van der Waals surface area contributed by atoms with Crippen molar-refractivity contribution in [3.05, 3.63) is 64.2 Å². The van der Waals surface area contributed by atoms with Gasteiger partial charge in [0.15, 0.2) is 0 Å². The highest BCUT2D eigenvalue weighted by Crippen LogP contribution is 2.24. The molecule has 2 nitrogen and oxygen atoms in total. The Bertz CT molecular complexity index is 632. The number of hydrogen-bond acceptors (Lipinski definition) is 2. The highest BCUT2D eigenvalue weighted by atomic mass is 19.1. The summed E-state index contributed by atoms with van der Waals surface area (Å²) in [5.41, 5.74) is 2.90. The summed E-state index contributed by atoms with van der Waals surface area (Å²) in [4.78, 5) is 0. The van der Waals surface area contributed by atoms with Crippen LogP contribution >= 0.6 is 0 Å². The second kappa shape index (κ2) is 6.22. The topological polar surface area (TPSA) is 32.3 Å². The van der Waals surface area contributed by atoms with Crippen LogP contribution in [0.3, 0.4) is 0 Å². The van der Waals surface area contributed by atoms with Crippen LogP contribution in [-0.2, 0) is 6.54 Å². The number of benzene rings is 2. The fourth-order valence-electron chi connectivity index (χ4n) is 2.37. The van der Waals surface area contributed by atoms with E-state index in [0.717, 1.165) is 28.8 Å². The van der Waals surface area contributed by atoms with E-state index in [4.69, 9.17) is 0 Å². The molecule has 0 fully saturated rings. The molecule has 4 heteroatoms. The molecule has 0 heterocycles. The van der Waals surface area contributed by atoms with Crippen LogP contribution in [0.1, 0.15) is 35.2 Å². The average molecular weight is 291 g/mol. The molecule has 0 saturated heterocycles. The third-order valence-corrected chi connectivity index (χ3v) is 3.59. The van der Waals surface area contributed by atoms with Crippen LogP contribution in [0.2, 0.25) is 0 Å². The highest BCUT2D eigenvalue weighted by Gasteiger charge is 2.12. The second-order valence-corrected chi connectivity index (χ2v) is 5.35. The maximum Gasteiger partial charge on any atom is 0.128 e. The Kier molecular flexibility index (Phi) is 4.58. The van der Waals surface area contributed by atoms with E-state index in [-0.39, 0.29) is 6.04 Å². The number of rotatable bonds is 4. The van der Waals surface area contributed by atoms with Crippen molar-refractivity contribution in [1.29, 1.82) is 0 Å². The standard InChI is InChI=1S/C17H19F2NO/c1-10-6-13(7-11(2)17(10)21)9-20-12(3)15-8-14(18)4-5-16(15)19/h4-8,12,20-21H,9H2,1-3H3. The van der Waals surface area contributed by atoms with Gasteiger partial charge < -0.3 is 10.4 Å². The summed E-state index contributed by atoms with van der Waals surface area (Å²) in [5.74, 6) is -0.575. The zero-order chi connectivity index (χ0) is 15.6. The summed E-state index contributed by atoms with van der Waals surface area (Å²) in [7, 11) is 0. The lowest BCUT2D eigenvalue weighted by molar-refractivity contribution is 0.466. The molecule has 1 atom stereocenters. The first-order valence-corrected chi connectivity index (χ1v) is 6.86. The lowest BCUT2D eigenvalue weighted by atomic mass is 10.0. The number of aromatic hydroxyl groups is 1. The number of phenolic OH excluding ortho intramolecular Hbond substituents is 1. The number of phenols is 1. The van der Waals surface area contributed by atoms with Gasteiger partial charge in [-0.2, -0.15) is 0 Å². The van der Waals surface area contributed by atoms with Crippen LogP contribution in [0.15, 0.2) is 30.3 Å². The lowest BCUT2D eigenvalue weighted by Gasteiger charge is -2.16. The molecule has 2 aromatic rings. The molecular formula is C17H19F2NO. The van der Waals surface area contributed by atoms with Gasteiger partial charge in [0.05, 0.1) is 0 Å². The molecule has 2 aromatic carbocycles. The van der Waals surface area contributed by atoms with Crippen LogP contribution in [-0.4, -0.2) is 5.11 Å². The largest absolute Gasteiger partial charge is 0.507 e. The first kappa shape index (κ1) is 15.4. The molecule has 0 amide bonds. The maximum absolute atomic E-state index is 13.7. The molecule has 21 heavy (non-hydrogen) atoms. The van der Waals surface area contributed by atoms with Gasteiger partial charge in [-0.05, 0) is 55.7 Å². The van der Waals surface area contributed by atoms with Crippen LogP contribution in [0, 0.1) is 25.5 Å². The summed E-state index contributed by atoms with van der Waals surface area (Å²) < 4.78 is 26.9. The van der Waals surface area contributed by atoms with E-state index in [9.17, 15) is 13.9 Å². The Morgan fingerprint density at radius 2 is 1.71 bits per heavy atom. The highest BCUT2D eigenvalue weighted by molar-refractivity contribution is 5.42. The van der Waals surface area contributed by atoms with E-state index < -0.39 is 11.6 Å². The van der Waals surface area contributed by atoms with Gasteiger partial charge in [0.1, 0.15) is 17.4 Å². The Morgan fingerprint density at radius 1 is 1.10 bits per heavy atom. The van der Waals surface area contributed by atoms with Crippen molar-refractivity contribution in [3.63, 3.8) is 0 Å². The van der Waals surface area contributed by atoms with Gasteiger partial charge in [-0.15, -0.1) is 0 Å². The van der Waals surface area contributed by atoms with Crippen molar-refractivity contribution in [2.24, 2.45) is 0 Å². The van der Waals surface area contributed by atoms with Gasteiger partial charge in [-0.3, -0.25) is 0 Å². The van der Waals surface area contributed by atoms with Crippen molar-refractivity contribution in [3.8, 4) is 5.75 Å². The van der Waals surface area contributed by atoms with Gasteiger partial charge in [0.2, 0.25) is 0 Å². The van der Waals surface area contributed by atoms with E-state index in [1.54, 1.807) is 6.92 Å². The van der Waals surface area contributed by atoms with E-state index in [0.29, 0.717) is 17.9 Å².